The van der Waals surface area contributed by atoms with Gasteiger partial charge in [0.1, 0.15) is 11.8 Å². The Morgan fingerprint density at radius 3 is 2.69 bits per heavy atom. The van der Waals surface area contributed by atoms with Crippen LogP contribution in [0.4, 0.5) is 0 Å². The molecular weight excluding hydrogens is 182 g/mol. The van der Waals surface area contributed by atoms with Crippen LogP contribution in [-0.4, -0.2) is 15.2 Å². The van der Waals surface area contributed by atoms with Crippen molar-refractivity contribution in [2.75, 3.05) is 0 Å². The molecule has 1 aromatic rings. The molecule has 0 aliphatic carbocycles. The smallest absolute Gasteiger partial charge is 0.189 e. The number of nitriles is 1. The first-order chi connectivity index (χ1) is 6.11. The van der Waals surface area contributed by atoms with E-state index in [1.807, 2.05) is 13.0 Å². The van der Waals surface area contributed by atoms with Gasteiger partial charge < -0.3 is 0 Å². The lowest BCUT2D eigenvalue weighted by Crippen LogP contribution is -1.96. The Bertz CT molecular complexity index is 341. The average Bonchev–Trinajstić information content (AvgIpc) is 2.01. The van der Waals surface area contributed by atoms with Gasteiger partial charge in [0.25, 0.3) is 0 Å². The van der Waals surface area contributed by atoms with Crippen molar-refractivity contribution in [2.45, 2.75) is 31.2 Å². The predicted octanol–water partition coefficient (Wildman–Crippen LogP) is 2.16. The molecular formula is C9H11N3S. The summed E-state index contributed by atoms with van der Waals surface area (Å²) in [4.78, 5) is 8.31. The van der Waals surface area contributed by atoms with E-state index < -0.39 is 0 Å². The first-order valence-corrected chi connectivity index (χ1v) is 4.92. The summed E-state index contributed by atoms with van der Waals surface area (Å²) in [6, 6.07) is 3.70. The fourth-order valence-corrected chi connectivity index (χ4v) is 1.63. The number of rotatable bonds is 2. The molecule has 0 saturated heterocycles. The lowest BCUT2D eigenvalue weighted by molar-refractivity contribution is 0.911. The number of aryl methyl sites for hydroxylation is 1. The molecule has 4 heteroatoms. The van der Waals surface area contributed by atoms with Gasteiger partial charge in [0.15, 0.2) is 5.16 Å². The second-order valence-electron chi connectivity index (χ2n) is 2.96. The van der Waals surface area contributed by atoms with Crippen molar-refractivity contribution in [1.82, 2.24) is 9.97 Å². The summed E-state index contributed by atoms with van der Waals surface area (Å²) in [5.74, 6) is 0. The lowest BCUT2D eigenvalue weighted by atomic mass is 10.4. The molecule has 0 aliphatic heterocycles. The molecule has 0 saturated carbocycles. The van der Waals surface area contributed by atoms with E-state index >= 15 is 0 Å². The van der Waals surface area contributed by atoms with Gasteiger partial charge >= 0.3 is 0 Å². The SMILES string of the molecule is Cc1cc(C#N)nc(SC(C)C)n1. The van der Waals surface area contributed by atoms with Crippen LogP contribution < -0.4 is 0 Å². The van der Waals surface area contributed by atoms with Crippen LogP contribution in [0.5, 0.6) is 0 Å². The zero-order chi connectivity index (χ0) is 9.84. The highest BCUT2D eigenvalue weighted by molar-refractivity contribution is 7.99. The molecule has 0 fully saturated rings. The van der Waals surface area contributed by atoms with Gasteiger partial charge in [-0.1, -0.05) is 25.6 Å². The summed E-state index contributed by atoms with van der Waals surface area (Å²) in [6.45, 7) is 6.01. The Balaban J connectivity index is 2.96. The topological polar surface area (TPSA) is 49.6 Å². The first-order valence-electron chi connectivity index (χ1n) is 4.04. The fraction of sp³-hybridized carbons (Fsp3) is 0.444. The van der Waals surface area contributed by atoms with Crippen molar-refractivity contribution in [3.63, 3.8) is 0 Å². The minimum Gasteiger partial charge on any atom is -0.228 e. The van der Waals surface area contributed by atoms with Crippen molar-refractivity contribution in [3.05, 3.63) is 17.5 Å². The maximum Gasteiger partial charge on any atom is 0.189 e. The summed E-state index contributed by atoms with van der Waals surface area (Å²) in [5.41, 5.74) is 1.28. The van der Waals surface area contributed by atoms with Crippen molar-refractivity contribution >= 4 is 11.8 Å². The molecule has 0 aliphatic rings. The van der Waals surface area contributed by atoms with Crippen molar-refractivity contribution in [3.8, 4) is 6.07 Å². The van der Waals surface area contributed by atoms with Gasteiger partial charge in [0.2, 0.25) is 0 Å². The lowest BCUT2D eigenvalue weighted by Gasteiger charge is -2.03. The third-order valence-corrected chi connectivity index (χ3v) is 2.15. The highest BCUT2D eigenvalue weighted by atomic mass is 32.2. The standard InChI is InChI=1S/C9H11N3S/c1-6(2)13-9-11-7(3)4-8(5-10)12-9/h4,6H,1-3H3. The molecule has 68 valence electrons. The normalized spacial score (nSPS) is 10.1. The van der Waals surface area contributed by atoms with E-state index in [1.165, 1.54) is 0 Å². The van der Waals surface area contributed by atoms with Crippen molar-refractivity contribution in [2.24, 2.45) is 0 Å². The quantitative estimate of drug-likeness (QED) is 0.533. The third-order valence-electron chi connectivity index (χ3n) is 1.29. The van der Waals surface area contributed by atoms with E-state index in [4.69, 9.17) is 5.26 Å². The highest BCUT2D eigenvalue weighted by Crippen LogP contribution is 2.18. The van der Waals surface area contributed by atoms with Crippen LogP contribution in [0, 0.1) is 18.3 Å². The Kier molecular flexibility index (Phi) is 3.26. The van der Waals surface area contributed by atoms with Crippen LogP contribution in [0.3, 0.4) is 0 Å². The molecule has 3 nitrogen and oxygen atoms in total. The maximum atomic E-state index is 8.67. The van der Waals surface area contributed by atoms with Crippen molar-refractivity contribution < 1.29 is 0 Å². The van der Waals surface area contributed by atoms with Gasteiger partial charge in [0, 0.05) is 10.9 Å². The van der Waals surface area contributed by atoms with Crippen LogP contribution in [0.2, 0.25) is 0 Å². The zero-order valence-corrected chi connectivity index (χ0v) is 8.72. The van der Waals surface area contributed by atoms with Crippen molar-refractivity contribution in [1.29, 1.82) is 5.26 Å². The summed E-state index contributed by atoms with van der Waals surface area (Å²) in [5, 5.41) is 9.80. The zero-order valence-electron chi connectivity index (χ0n) is 7.90. The molecule has 1 aromatic heterocycles. The molecule has 0 spiro atoms. The largest absolute Gasteiger partial charge is 0.228 e. The van der Waals surface area contributed by atoms with E-state index in [1.54, 1.807) is 17.8 Å². The Morgan fingerprint density at radius 2 is 2.15 bits per heavy atom. The summed E-state index contributed by atoms with van der Waals surface area (Å²) in [7, 11) is 0. The molecule has 0 aromatic carbocycles. The van der Waals surface area contributed by atoms with Crippen LogP contribution in [-0.2, 0) is 0 Å². The fourth-order valence-electron chi connectivity index (χ4n) is 0.862. The Hall–Kier alpha value is -1.08. The second-order valence-corrected chi connectivity index (χ2v) is 4.50. The Labute approximate surface area is 82.2 Å². The molecule has 0 atom stereocenters. The molecule has 1 heterocycles. The van der Waals surface area contributed by atoms with E-state index in [9.17, 15) is 0 Å². The second kappa shape index (κ2) is 4.24. The monoisotopic (exact) mass is 193 g/mol. The van der Waals surface area contributed by atoms with E-state index in [2.05, 4.69) is 23.8 Å². The maximum absolute atomic E-state index is 8.67. The van der Waals surface area contributed by atoms with Gasteiger partial charge in [0.05, 0.1) is 0 Å². The molecule has 0 amide bonds. The van der Waals surface area contributed by atoms with E-state index in [0.29, 0.717) is 16.1 Å². The summed E-state index contributed by atoms with van der Waals surface area (Å²) >= 11 is 1.57. The molecule has 0 unspecified atom stereocenters. The number of thioether (sulfide) groups is 1. The summed E-state index contributed by atoms with van der Waals surface area (Å²) in [6.07, 6.45) is 0. The first kappa shape index (κ1) is 10.0. The molecule has 0 radical (unpaired) electrons. The predicted molar refractivity (Wildman–Crippen MR) is 52.5 cm³/mol. The van der Waals surface area contributed by atoms with Gasteiger partial charge in [-0.15, -0.1) is 0 Å². The number of hydrogen-bond donors (Lipinski definition) is 0. The molecule has 1 rings (SSSR count). The van der Waals surface area contributed by atoms with Crippen LogP contribution in [0.1, 0.15) is 25.2 Å². The van der Waals surface area contributed by atoms with Crippen LogP contribution in [0.15, 0.2) is 11.2 Å². The minimum atomic E-state index is 0.438. The van der Waals surface area contributed by atoms with E-state index in [0.717, 1.165) is 5.69 Å². The minimum absolute atomic E-state index is 0.438. The number of hydrogen-bond acceptors (Lipinski definition) is 4. The van der Waals surface area contributed by atoms with Gasteiger partial charge in [-0.25, -0.2) is 9.97 Å². The molecule has 0 bridgehead atoms. The number of nitrogens with zero attached hydrogens (tertiary/aromatic N) is 3. The van der Waals surface area contributed by atoms with Crippen LogP contribution >= 0.6 is 11.8 Å². The molecule has 13 heavy (non-hydrogen) atoms. The molecule has 0 N–H and O–H groups in total. The highest BCUT2D eigenvalue weighted by Gasteiger charge is 2.04. The third kappa shape index (κ3) is 3.03. The summed E-state index contributed by atoms with van der Waals surface area (Å²) < 4.78 is 0. The van der Waals surface area contributed by atoms with Gasteiger partial charge in [-0.3, -0.25) is 0 Å². The van der Waals surface area contributed by atoms with Gasteiger partial charge in [-0.2, -0.15) is 5.26 Å². The van der Waals surface area contributed by atoms with Gasteiger partial charge in [-0.05, 0) is 13.0 Å². The van der Waals surface area contributed by atoms with E-state index in [-0.39, 0.29) is 0 Å². The van der Waals surface area contributed by atoms with Crippen LogP contribution in [0.25, 0.3) is 0 Å². The number of aromatic nitrogens is 2. The Morgan fingerprint density at radius 1 is 1.46 bits per heavy atom. The average molecular weight is 193 g/mol.